The maximum Gasteiger partial charge on any atom is 0.335 e. The summed E-state index contributed by atoms with van der Waals surface area (Å²) in [7, 11) is -4.05. The van der Waals surface area contributed by atoms with Gasteiger partial charge in [0.05, 0.1) is 18.1 Å². The number of carbonyl (C=O) groups is 1. The molecule has 0 amide bonds. The second-order valence-electron chi connectivity index (χ2n) is 5.20. The van der Waals surface area contributed by atoms with Crippen molar-refractivity contribution in [2.45, 2.75) is 11.4 Å². The van der Waals surface area contributed by atoms with Gasteiger partial charge in [-0.25, -0.2) is 9.78 Å². The fourth-order valence-electron chi connectivity index (χ4n) is 2.37. The molecule has 0 radical (unpaired) electrons. The molecule has 1 aromatic carbocycles. The van der Waals surface area contributed by atoms with Crippen molar-refractivity contribution in [3.05, 3.63) is 53.9 Å². The third-order valence-corrected chi connectivity index (χ3v) is 4.82. The number of hydrogen-bond donors (Lipinski definition) is 3. The maximum absolute atomic E-state index is 12.4. The van der Waals surface area contributed by atoms with Gasteiger partial charge in [0.25, 0.3) is 10.0 Å². The van der Waals surface area contributed by atoms with Gasteiger partial charge in [-0.05, 0) is 35.9 Å². The van der Waals surface area contributed by atoms with Gasteiger partial charge < -0.3 is 10.1 Å². The Morgan fingerprint density at radius 2 is 2.12 bits per heavy atom. The molecule has 0 aliphatic carbocycles. The number of nitriles is 1. The fourth-order valence-corrected chi connectivity index (χ4v) is 3.39. The van der Waals surface area contributed by atoms with Crippen LogP contribution in [0.1, 0.15) is 15.9 Å². The first kappa shape index (κ1) is 16.5. The third kappa shape index (κ3) is 3.29. The fraction of sp³-hybridized carbons (Fsp3) is 0.0625. The van der Waals surface area contributed by atoms with Gasteiger partial charge in [0, 0.05) is 29.0 Å². The van der Waals surface area contributed by atoms with E-state index in [-0.39, 0.29) is 22.7 Å². The molecule has 0 aliphatic rings. The SMILES string of the molecule is N#CCc1c[nH]c2ccc(NS(=O)(=O)c3cc(C(=O)O)ccn3)cc12. The van der Waals surface area contributed by atoms with Gasteiger partial charge in [-0.2, -0.15) is 13.7 Å². The first-order valence-electron chi connectivity index (χ1n) is 7.10. The normalized spacial score (nSPS) is 11.2. The van der Waals surface area contributed by atoms with Crippen molar-refractivity contribution in [2.24, 2.45) is 0 Å². The topological polar surface area (TPSA) is 136 Å². The number of carboxylic acid groups (broad SMARTS) is 1. The number of aromatic amines is 1. The molecule has 3 N–H and O–H groups in total. The highest BCUT2D eigenvalue weighted by Gasteiger charge is 2.18. The molecule has 0 saturated heterocycles. The average Bonchev–Trinajstić information content (AvgIpc) is 2.97. The molecule has 0 aliphatic heterocycles. The zero-order chi connectivity index (χ0) is 18.0. The van der Waals surface area contributed by atoms with Gasteiger partial charge in [-0.3, -0.25) is 4.72 Å². The number of anilines is 1. The van der Waals surface area contributed by atoms with E-state index in [0.29, 0.717) is 0 Å². The molecule has 3 rings (SSSR count). The summed E-state index contributed by atoms with van der Waals surface area (Å²) >= 11 is 0. The third-order valence-electron chi connectivity index (χ3n) is 3.55. The lowest BCUT2D eigenvalue weighted by Gasteiger charge is -2.08. The lowest BCUT2D eigenvalue weighted by Crippen LogP contribution is -2.15. The van der Waals surface area contributed by atoms with Crippen LogP contribution in [0.25, 0.3) is 10.9 Å². The van der Waals surface area contributed by atoms with Gasteiger partial charge in [-0.15, -0.1) is 0 Å². The van der Waals surface area contributed by atoms with Crippen molar-refractivity contribution in [3.8, 4) is 6.07 Å². The van der Waals surface area contributed by atoms with Gasteiger partial charge >= 0.3 is 5.97 Å². The summed E-state index contributed by atoms with van der Waals surface area (Å²) in [5, 5.41) is 18.1. The number of benzene rings is 1. The van der Waals surface area contributed by atoms with Crippen LogP contribution in [0, 0.1) is 11.3 Å². The zero-order valence-corrected chi connectivity index (χ0v) is 13.5. The van der Waals surface area contributed by atoms with Crippen LogP contribution in [0.4, 0.5) is 5.69 Å². The number of rotatable bonds is 5. The Labute approximate surface area is 142 Å². The molecule has 2 aromatic heterocycles. The van der Waals surface area contributed by atoms with Crippen LogP contribution in [-0.4, -0.2) is 29.5 Å². The van der Waals surface area contributed by atoms with Crippen molar-refractivity contribution in [1.29, 1.82) is 5.26 Å². The molecular formula is C16H12N4O4S. The number of nitrogens with one attached hydrogen (secondary N) is 2. The smallest absolute Gasteiger partial charge is 0.335 e. The van der Waals surface area contributed by atoms with E-state index in [1.165, 1.54) is 6.07 Å². The second kappa shape index (κ2) is 6.26. The van der Waals surface area contributed by atoms with E-state index in [1.807, 2.05) is 6.07 Å². The number of aromatic nitrogens is 2. The molecule has 9 heteroatoms. The molecule has 0 saturated carbocycles. The second-order valence-corrected chi connectivity index (χ2v) is 6.83. The van der Waals surface area contributed by atoms with Crippen LogP contribution in [0.2, 0.25) is 0 Å². The summed E-state index contributed by atoms with van der Waals surface area (Å²) in [6, 6.07) is 9.11. The highest BCUT2D eigenvalue weighted by atomic mass is 32.2. The van der Waals surface area contributed by atoms with Crippen molar-refractivity contribution in [1.82, 2.24) is 9.97 Å². The molecule has 126 valence electrons. The number of H-pyrrole nitrogens is 1. The van der Waals surface area contributed by atoms with E-state index >= 15 is 0 Å². The summed E-state index contributed by atoms with van der Waals surface area (Å²) in [4.78, 5) is 17.7. The molecule has 0 bridgehead atoms. The minimum atomic E-state index is -4.05. The summed E-state index contributed by atoms with van der Waals surface area (Å²) in [6.07, 6.45) is 3.01. The molecule has 0 atom stereocenters. The quantitative estimate of drug-likeness (QED) is 0.640. The van der Waals surface area contributed by atoms with Gasteiger partial charge in [0.15, 0.2) is 5.03 Å². The van der Waals surface area contributed by atoms with E-state index in [1.54, 1.807) is 24.4 Å². The van der Waals surface area contributed by atoms with Crippen LogP contribution in [0.3, 0.4) is 0 Å². The Morgan fingerprint density at radius 1 is 1.32 bits per heavy atom. The molecule has 8 nitrogen and oxygen atoms in total. The minimum Gasteiger partial charge on any atom is -0.478 e. The van der Waals surface area contributed by atoms with Crippen LogP contribution >= 0.6 is 0 Å². The summed E-state index contributed by atoms with van der Waals surface area (Å²) < 4.78 is 27.2. The Balaban J connectivity index is 1.97. The van der Waals surface area contributed by atoms with E-state index in [4.69, 9.17) is 10.4 Å². The van der Waals surface area contributed by atoms with Crippen molar-refractivity contribution >= 4 is 32.6 Å². The van der Waals surface area contributed by atoms with Crippen LogP contribution in [0.15, 0.2) is 47.8 Å². The number of hydrogen-bond acceptors (Lipinski definition) is 5. The maximum atomic E-state index is 12.4. The van der Waals surface area contributed by atoms with E-state index in [0.717, 1.165) is 28.7 Å². The molecule has 0 unspecified atom stereocenters. The summed E-state index contributed by atoms with van der Waals surface area (Å²) in [5.41, 5.74) is 1.64. The Morgan fingerprint density at radius 3 is 2.84 bits per heavy atom. The van der Waals surface area contributed by atoms with Gasteiger partial charge in [0.2, 0.25) is 0 Å². The molecule has 3 aromatic rings. The predicted molar refractivity (Wildman–Crippen MR) is 89.6 cm³/mol. The standard InChI is InChI=1S/C16H12N4O4S/c17-5-3-11-9-19-14-2-1-12(8-13(11)14)20-25(23,24)15-7-10(16(21)22)4-6-18-15/h1-2,4,6-9,19-20H,3H2,(H,21,22). The van der Waals surface area contributed by atoms with Crippen LogP contribution in [-0.2, 0) is 16.4 Å². The van der Waals surface area contributed by atoms with Crippen molar-refractivity contribution < 1.29 is 18.3 Å². The molecule has 2 heterocycles. The molecule has 0 spiro atoms. The average molecular weight is 356 g/mol. The lowest BCUT2D eigenvalue weighted by molar-refractivity contribution is 0.0696. The number of pyridine rings is 1. The lowest BCUT2D eigenvalue weighted by atomic mass is 10.1. The monoisotopic (exact) mass is 356 g/mol. The first-order chi connectivity index (χ1) is 11.9. The predicted octanol–water partition coefficient (Wildman–Crippen LogP) is 2.13. The highest BCUT2D eigenvalue weighted by molar-refractivity contribution is 7.92. The number of sulfonamides is 1. The van der Waals surface area contributed by atoms with Crippen LogP contribution < -0.4 is 4.72 Å². The first-order valence-corrected chi connectivity index (χ1v) is 8.58. The number of aromatic carboxylic acids is 1. The van der Waals surface area contributed by atoms with Gasteiger partial charge in [-0.1, -0.05) is 0 Å². The van der Waals surface area contributed by atoms with Crippen molar-refractivity contribution in [3.63, 3.8) is 0 Å². The summed E-state index contributed by atoms with van der Waals surface area (Å²) in [6.45, 7) is 0. The Hall–Kier alpha value is -3.38. The Kier molecular flexibility index (Phi) is 4.12. The number of fused-ring (bicyclic) bond motifs is 1. The minimum absolute atomic E-state index is 0.173. The molecular weight excluding hydrogens is 344 g/mol. The molecule has 0 fully saturated rings. The van der Waals surface area contributed by atoms with E-state index in [2.05, 4.69) is 14.7 Å². The Bertz CT molecular complexity index is 1110. The highest BCUT2D eigenvalue weighted by Crippen LogP contribution is 2.24. The molecule has 25 heavy (non-hydrogen) atoms. The van der Waals surface area contributed by atoms with Crippen molar-refractivity contribution in [2.75, 3.05) is 4.72 Å². The zero-order valence-electron chi connectivity index (χ0n) is 12.7. The number of carboxylic acids is 1. The summed E-state index contributed by atoms with van der Waals surface area (Å²) in [5.74, 6) is -1.24. The van der Waals surface area contributed by atoms with Gasteiger partial charge in [0.1, 0.15) is 0 Å². The van der Waals surface area contributed by atoms with E-state index in [9.17, 15) is 13.2 Å². The van der Waals surface area contributed by atoms with E-state index < -0.39 is 16.0 Å². The number of nitrogens with zero attached hydrogens (tertiary/aromatic N) is 2. The van der Waals surface area contributed by atoms with Crippen LogP contribution in [0.5, 0.6) is 0 Å². The largest absolute Gasteiger partial charge is 0.478 e.